The lowest BCUT2D eigenvalue weighted by atomic mass is 10.2. The standard InChI is InChI=1S/C15H19FN4O/c1-3-4-7-21-14-6-5-12(8-13(14)16)9-18-20-10-11(2)19-15(20)17/h5-6,8-10H,3-4,7H2,1-2H3,(H2,17,19). The van der Waals surface area contributed by atoms with Gasteiger partial charge in [-0.2, -0.15) is 5.10 Å². The van der Waals surface area contributed by atoms with Gasteiger partial charge in [-0.1, -0.05) is 13.3 Å². The molecular weight excluding hydrogens is 271 g/mol. The van der Waals surface area contributed by atoms with Crippen LogP contribution >= 0.6 is 0 Å². The predicted molar refractivity (Wildman–Crippen MR) is 81.2 cm³/mol. The molecule has 0 bridgehead atoms. The van der Waals surface area contributed by atoms with E-state index in [9.17, 15) is 4.39 Å². The zero-order valence-corrected chi connectivity index (χ0v) is 12.2. The van der Waals surface area contributed by atoms with Gasteiger partial charge in [0.2, 0.25) is 5.95 Å². The van der Waals surface area contributed by atoms with E-state index in [1.54, 1.807) is 18.3 Å². The second kappa shape index (κ2) is 6.88. The molecule has 2 N–H and O–H groups in total. The SMILES string of the molecule is CCCCOc1ccc(C=Nn2cc(C)nc2N)cc1F. The fourth-order valence-corrected chi connectivity index (χ4v) is 1.77. The van der Waals surface area contributed by atoms with Crippen molar-refractivity contribution in [1.82, 2.24) is 9.66 Å². The van der Waals surface area contributed by atoms with Crippen molar-refractivity contribution in [2.75, 3.05) is 12.3 Å². The normalized spacial score (nSPS) is 11.2. The maximum absolute atomic E-state index is 13.9. The number of benzene rings is 1. The Kier molecular flexibility index (Phi) is 4.92. The van der Waals surface area contributed by atoms with Crippen LogP contribution in [0.3, 0.4) is 0 Å². The zero-order chi connectivity index (χ0) is 15.2. The Balaban J connectivity index is 2.07. The topological polar surface area (TPSA) is 65.4 Å². The number of anilines is 1. The Morgan fingerprint density at radius 2 is 2.29 bits per heavy atom. The Labute approximate surface area is 123 Å². The van der Waals surface area contributed by atoms with Crippen molar-refractivity contribution in [3.63, 3.8) is 0 Å². The lowest BCUT2D eigenvalue weighted by Gasteiger charge is -2.06. The number of aromatic nitrogens is 2. The number of rotatable bonds is 6. The van der Waals surface area contributed by atoms with E-state index in [0.717, 1.165) is 18.5 Å². The minimum atomic E-state index is -0.398. The number of hydrogen-bond acceptors (Lipinski definition) is 4. The molecule has 112 valence electrons. The second-order valence-corrected chi connectivity index (χ2v) is 4.72. The Morgan fingerprint density at radius 1 is 1.48 bits per heavy atom. The Hall–Kier alpha value is -2.37. The number of ether oxygens (including phenoxy) is 1. The first-order valence-electron chi connectivity index (χ1n) is 6.88. The van der Waals surface area contributed by atoms with Crippen LogP contribution in [0.5, 0.6) is 5.75 Å². The molecule has 2 rings (SSSR count). The summed E-state index contributed by atoms with van der Waals surface area (Å²) in [5.41, 5.74) is 7.07. The lowest BCUT2D eigenvalue weighted by molar-refractivity contribution is 0.294. The number of nitrogens with zero attached hydrogens (tertiary/aromatic N) is 3. The van der Waals surface area contributed by atoms with Gasteiger partial charge < -0.3 is 10.5 Å². The van der Waals surface area contributed by atoms with Crippen molar-refractivity contribution in [3.05, 3.63) is 41.5 Å². The molecule has 0 saturated carbocycles. The van der Waals surface area contributed by atoms with Crippen LogP contribution in [-0.2, 0) is 0 Å². The van der Waals surface area contributed by atoms with Crippen molar-refractivity contribution in [1.29, 1.82) is 0 Å². The minimum absolute atomic E-state index is 0.263. The molecule has 1 heterocycles. The minimum Gasteiger partial charge on any atom is -0.491 e. The molecule has 0 amide bonds. The number of nitrogens with two attached hydrogens (primary N) is 1. The molecular formula is C15H19FN4O. The maximum Gasteiger partial charge on any atom is 0.221 e. The summed E-state index contributed by atoms with van der Waals surface area (Å²) in [5, 5.41) is 4.14. The molecule has 0 aliphatic carbocycles. The first-order valence-corrected chi connectivity index (χ1v) is 6.88. The molecule has 0 spiro atoms. The summed E-state index contributed by atoms with van der Waals surface area (Å²) < 4.78 is 20.7. The summed E-state index contributed by atoms with van der Waals surface area (Å²) in [6.07, 6.45) is 5.14. The van der Waals surface area contributed by atoms with Crippen molar-refractivity contribution in [2.45, 2.75) is 26.7 Å². The highest BCUT2D eigenvalue weighted by molar-refractivity contribution is 5.79. The molecule has 0 aliphatic rings. The number of nitrogen functional groups attached to an aromatic ring is 1. The van der Waals surface area contributed by atoms with E-state index in [0.29, 0.717) is 18.1 Å². The summed E-state index contributed by atoms with van der Waals surface area (Å²) in [6, 6.07) is 4.73. The van der Waals surface area contributed by atoms with Crippen LogP contribution < -0.4 is 10.5 Å². The van der Waals surface area contributed by atoms with Crippen molar-refractivity contribution < 1.29 is 9.13 Å². The van der Waals surface area contributed by atoms with Gasteiger partial charge in [-0.05, 0) is 37.1 Å². The number of aryl methyl sites for hydroxylation is 1. The molecule has 0 saturated heterocycles. The van der Waals surface area contributed by atoms with Crippen LogP contribution in [-0.4, -0.2) is 22.5 Å². The van der Waals surface area contributed by atoms with Gasteiger partial charge in [-0.15, -0.1) is 0 Å². The van der Waals surface area contributed by atoms with Crippen molar-refractivity contribution >= 4 is 12.2 Å². The average molecular weight is 290 g/mol. The smallest absolute Gasteiger partial charge is 0.221 e. The van der Waals surface area contributed by atoms with E-state index >= 15 is 0 Å². The highest BCUT2D eigenvalue weighted by Crippen LogP contribution is 2.18. The monoisotopic (exact) mass is 290 g/mol. The molecule has 0 aliphatic heterocycles. The zero-order valence-electron chi connectivity index (χ0n) is 12.2. The fourth-order valence-electron chi connectivity index (χ4n) is 1.77. The van der Waals surface area contributed by atoms with Crippen LogP contribution in [0.1, 0.15) is 31.0 Å². The van der Waals surface area contributed by atoms with Crippen molar-refractivity contribution in [3.8, 4) is 5.75 Å². The first kappa shape index (κ1) is 15.0. The van der Waals surface area contributed by atoms with Crippen LogP contribution in [0.25, 0.3) is 0 Å². The molecule has 1 aromatic heterocycles. The maximum atomic E-state index is 13.9. The largest absolute Gasteiger partial charge is 0.491 e. The van der Waals surface area contributed by atoms with Gasteiger partial charge in [0.1, 0.15) is 0 Å². The Bertz CT molecular complexity index is 637. The summed E-state index contributed by atoms with van der Waals surface area (Å²) in [5.74, 6) is 0.159. The van der Waals surface area contributed by atoms with E-state index < -0.39 is 5.82 Å². The van der Waals surface area contributed by atoms with E-state index in [4.69, 9.17) is 10.5 Å². The van der Waals surface area contributed by atoms with E-state index in [2.05, 4.69) is 17.0 Å². The van der Waals surface area contributed by atoms with E-state index in [1.165, 1.54) is 17.0 Å². The van der Waals surface area contributed by atoms with Crippen molar-refractivity contribution in [2.24, 2.45) is 5.10 Å². The quantitative estimate of drug-likeness (QED) is 0.657. The van der Waals surface area contributed by atoms with Crippen LogP contribution in [0.15, 0.2) is 29.5 Å². The van der Waals surface area contributed by atoms with Gasteiger partial charge in [0.15, 0.2) is 11.6 Å². The van der Waals surface area contributed by atoms with Gasteiger partial charge in [-0.3, -0.25) is 0 Å². The van der Waals surface area contributed by atoms with Crippen LogP contribution in [0, 0.1) is 12.7 Å². The molecule has 1 aromatic carbocycles. The summed E-state index contributed by atoms with van der Waals surface area (Å²) in [6.45, 7) is 4.40. The summed E-state index contributed by atoms with van der Waals surface area (Å²) in [7, 11) is 0. The highest BCUT2D eigenvalue weighted by atomic mass is 19.1. The van der Waals surface area contributed by atoms with E-state index in [1.807, 2.05) is 6.92 Å². The molecule has 21 heavy (non-hydrogen) atoms. The molecule has 5 nitrogen and oxygen atoms in total. The number of imidazole rings is 1. The molecule has 0 radical (unpaired) electrons. The number of halogens is 1. The average Bonchev–Trinajstić information content (AvgIpc) is 2.77. The summed E-state index contributed by atoms with van der Waals surface area (Å²) in [4.78, 5) is 4.03. The molecule has 6 heteroatoms. The van der Waals surface area contributed by atoms with Gasteiger partial charge in [0.25, 0.3) is 0 Å². The third-order valence-electron chi connectivity index (χ3n) is 2.88. The van der Waals surface area contributed by atoms with Gasteiger partial charge in [-0.25, -0.2) is 14.1 Å². The number of unbranched alkanes of at least 4 members (excludes halogenated alkanes) is 1. The van der Waals surface area contributed by atoms with Crippen LogP contribution in [0.4, 0.5) is 10.3 Å². The predicted octanol–water partition coefficient (Wildman–Crippen LogP) is 2.97. The van der Waals surface area contributed by atoms with Gasteiger partial charge >= 0.3 is 0 Å². The number of hydrogen-bond donors (Lipinski definition) is 1. The molecule has 0 unspecified atom stereocenters. The third-order valence-corrected chi connectivity index (χ3v) is 2.88. The second-order valence-electron chi connectivity index (χ2n) is 4.72. The first-order chi connectivity index (χ1) is 10.1. The molecule has 2 aromatic rings. The lowest BCUT2D eigenvalue weighted by Crippen LogP contribution is -2.00. The van der Waals surface area contributed by atoms with Gasteiger partial charge in [0, 0.05) is 0 Å². The molecule has 0 atom stereocenters. The van der Waals surface area contributed by atoms with Crippen LogP contribution in [0.2, 0.25) is 0 Å². The molecule has 0 fully saturated rings. The fraction of sp³-hybridized carbons (Fsp3) is 0.333. The third kappa shape index (κ3) is 4.05. The van der Waals surface area contributed by atoms with Gasteiger partial charge in [0.05, 0.1) is 24.7 Å². The Morgan fingerprint density at radius 3 is 2.90 bits per heavy atom. The van der Waals surface area contributed by atoms with E-state index in [-0.39, 0.29) is 5.75 Å². The highest BCUT2D eigenvalue weighted by Gasteiger charge is 2.04. The summed E-state index contributed by atoms with van der Waals surface area (Å²) >= 11 is 0.